The van der Waals surface area contributed by atoms with E-state index in [9.17, 15) is 4.79 Å². The number of halogens is 1. The zero-order valence-electron chi connectivity index (χ0n) is 13.0. The van der Waals surface area contributed by atoms with Crippen LogP contribution in [-0.4, -0.2) is 23.9 Å². The fraction of sp³-hybridized carbons (Fsp3) is 0.588. The van der Waals surface area contributed by atoms with Crippen molar-refractivity contribution in [2.45, 2.75) is 40.5 Å². The van der Waals surface area contributed by atoms with Gasteiger partial charge in [0.25, 0.3) is 5.91 Å². The summed E-state index contributed by atoms with van der Waals surface area (Å²) >= 11 is 3.41. The van der Waals surface area contributed by atoms with E-state index in [0.29, 0.717) is 11.8 Å². The molecular weight excluding hydrogens is 314 g/mol. The molecule has 0 atom stereocenters. The Bertz CT molecular complexity index is 400. The van der Waals surface area contributed by atoms with Crippen LogP contribution < -0.4 is 0 Å². The van der Waals surface area contributed by atoms with Gasteiger partial charge >= 0.3 is 0 Å². The molecule has 112 valence electrons. The van der Waals surface area contributed by atoms with Crippen LogP contribution in [0.1, 0.15) is 50.9 Å². The highest BCUT2D eigenvalue weighted by Gasteiger charge is 2.16. The molecule has 1 amide bonds. The molecular formula is C17H26BrNO. The standard InChI is InChI=1S/C17H26BrNO/c1-13(2)9-11-19(12-10-14(3)4)17(20)15-5-7-16(18)8-6-15/h5-8,13-14H,9-12H2,1-4H3. The largest absolute Gasteiger partial charge is 0.339 e. The molecule has 0 fully saturated rings. The molecule has 0 aliphatic rings. The van der Waals surface area contributed by atoms with Crippen molar-refractivity contribution < 1.29 is 4.79 Å². The van der Waals surface area contributed by atoms with Gasteiger partial charge in [-0.25, -0.2) is 0 Å². The summed E-state index contributed by atoms with van der Waals surface area (Å²) in [7, 11) is 0. The summed E-state index contributed by atoms with van der Waals surface area (Å²) in [5.74, 6) is 1.39. The first kappa shape index (κ1) is 17.2. The van der Waals surface area contributed by atoms with Crippen molar-refractivity contribution >= 4 is 21.8 Å². The summed E-state index contributed by atoms with van der Waals surface area (Å²) in [5, 5.41) is 0. The number of hydrogen-bond acceptors (Lipinski definition) is 1. The van der Waals surface area contributed by atoms with E-state index in [-0.39, 0.29) is 5.91 Å². The maximum atomic E-state index is 12.6. The van der Waals surface area contributed by atoms with Crippen LogP contribution >= 0.6 is 15.9 Å². The molecule has 0 N–H and O–H groups in total. The van der Waals surface area contributed by atoms with E-state index in [2.05, 4.69) is 43.6 Å². The normalized spacial score (nSPS) is 11.2. The Morgan fingerprint density at radius 3 is 1.85 bits per heavy atom. The number of amides is 1. The lowest BCUT2D eigenvalue weighted by atomic mass is 10.1. The number of carbonyl (C=O) groups is 1. The van der Waals surface area contributed by atoms with Gasteiger partial charge in [-0.05, 0) is 48.9 Å². The number of rotatable bonds is 7. The number of carbonyl (C=O) groups excluding carboxylic acids is 1. The lowest BCUT2D eigenvalue weighted by Gasteiger charge is -2.24. The monoisotopic (exact) mass is 339 g/mol. The molecule has 1 aromatic rings. The molecule has 0 bridgehead atoms. The van der Waals surface area contributed by atoms with Crippen molar-refractivity contribution in [3.05, 3.63) is 34.3 Å². The molecule has 20 heavy (non-hydrogen) atoms. The SMILES string of the molecule is CC(C)CCN(CCC(C)C)C(=O)c1ccc(Br)cc1. The van der Waals surface area contributed by atoms with E-state index < -0.39 is 0 Å². The number of nitrogens with zero attached hydrogens (tertiary/aromatic N) is 1. The summed E-state index contributed by atoms with van der Waals surface area (Å²) in [4.78, 5) is 14.6. The van der Waals surface area contributed by atoms with Gasteiger partial charge in [-0.15, -0.1) is 0 Å². The van der Waals surface area contributed by atoms with Crippen LogP contribution in [0.2, 0.25) is 0 Å². The quantitative estimate of drug-likeness (QED) is 0.685. The topological polar surface area (TPSA) is 20.3 Å². The van der Waals surface area contributed by atoms with Crippen LogP contribution in [0.5, 0.6) is 0 Å². The van der Waals surface area contributed by atoms with E-state index in [1.54, 1.807) is 0 Å². The third-order valence-electron chi connectivity index (χ3n) is 3.33. The average Bonchev–Trinajstić information content (AvgIpc) is 2.38. The summed E-state index contributed by atoms with van der Waals surface area (Å²) in [6.07, 6.45) is 2.11. The molecule has 3 heteroatoms. The molecule has 1 rings (SSSR count). The average molecular weight is 340 g/mol. The predicted octanol–water partition coefficient (Wildman–Crippen LogP) is 4.98. The molecule has 1 aromatic carbocycles. The minimum Gasteiger partial charge on any atom is -0.339 e. The highest BCUT2D eigenvalue weighted by Crippen LogP contribution is 2.14. The lowest BCUT2D eigenvalue weighted by Crippen LogP contribution is -2.34. The first-order valence-corrected chi connectivity index (χ1v) is 8.24. The molecule has 0 aliphatic heterocycles. The Labute approximate surface area is 131 Å². The van der Waals surface area contributed by atoms with Gasteiger partial charge in [0, 0.05) is 23.1 Å². The Morgan fingerprint density at radius 1 is 1.00 bits per heavy atom. The molecule has 0 saturated carbocycles. The Balaban J connectivity index is 2.74. The predicted molar refractivity (Wildman–Crippen MR) is 89.0 cm³/mol. The first-order valence-electron chi connectivity index (χ1n) is 7.45. The fourth-order valence-corrected chi connectivity index (χ4v) is 2.18. The van der Waals surface area contributed by atoms with Gasteiger partial charge in [0.1, 0.15) is 0 Å². The molecule has 0 aliphatic carbocycles. The van der Waals surface area contributed by atoms with Gasteiger partial charge < -0.3 is 4.90 Å². The van der Waals surface area contributed by atoms with E-state index in [0.717, 1.165) is 36.0 Å². The molecule has 0 spiro atoms. The second-order valence-corrected chi connectivity index (χ2v) is 7.08. The van der Waals surface area contributed by atoms with Crippen molar-refractivity contribution in [2.24, 2.45) is 11.8 Å². The zero-order valence-corrected chi connectivity index (χ0v) is 14.6. The van der Waals surface area contributed by atoms with Gasteiger partial charge in [-0.1, -0.05) is 43.6 Å². The van der Waals surface area contributed by atoms with Gasteiger partial charge in [0.05, 0.1) is 0 Å². The summed E-state index contributed by atoms with van der Waals surface area (Å²) in [6, 6.07) is 7.64. The third-order valence-corrected chi connectivity index (χ3v) is 3.86. The molecule has 0 aromatic heterocycles. The molecule has 0 heterocycles. The zero-order chi connectivity index (χ0) is 15.1. The molecule has 2 nitrogen and oxygen atoms in total. The van der Waals surface area contributed by atoms with Crippen LogP contribution in [0, 0.1) is 11.8 Å². The number of benzene rings is 1. The summed E-state index contributed by atoms with van der Waals surface area (Å²) < 4.78 is 1.00. The lowest BCUT2D eigenvalue weighted by molar-refractivity contribution is 0.0741. The second-order valence-electron chi connectivity index (χ2n) is 6.16. The van der Waals surface area contributed by atoms with Crippen molar-refractivity contribution in [3.63, 3.8) is 0 Å². The van der Waals surface area contributed by atoms with Crippen molar-refractivity contribution in [1.29, 1.82) is 0 Å². The Hall–Kier alpha value is -0.830. The second kappa shape index (κ2) is 8.46. The first-order chi connectivity index (χ1) is 9.40. The van der Waals surface area contributed by atoms with Gasteiger partial charge in [0.2, 0.25) is 0 Å². The molecule has 0 unspecified atom stereocenters. The Morgan fingerprint density at radius 2 is 1.45 bits per heavy atom. The maximum Gasteiger partial charge on any atom is 0.253 e. The smallest absolute Gasteiger partial charge is 0.253 e. The maximum absolute atomic E-state index is 12.6. The summed E-state index contributed by atoms with van der Waals surface area (Å²) in [5.41, 5.74) is 0.778. The van der Waals surface area contributed by atoms with E-state index in [1.165, 1.54) is 0 Å². The van der Waals surface area contributed by atoms with Crippen LogP contribution in [0.4, 0.5) is 0 Å². The van der Waals surface area contributed by atoms with E-state index >= 15 is 0 Å². The van der Waals surface area contributed by atoms with Gasteiger partial charge in [0.15, 0.2) is 0 Å². The van der Waals surface area contributed by atoms with Crippen molar-refractivity contribution in [3.8, 4) is 0 Å². The van der Waals surface area contributed by atoms with Crippen molar-refractivity contribution in [1.82, 2.24) is 4.90 Å². The van der Waals surface area contributed by atoms with E-state index in [4.69, 9.17) is 0 Å². The van der Waals surface area contributed by atoms with Gasteiger partial charge in [-0.2, -0.15) is 0 Å². The van der Waals surface area contributed by atoms with Crippen LogP contribution in [0.25, 0.3) is 0 Å². The molecule has 0 radical (unpaired) electrons. The minimum absolute atomic E-state index is 0.152. The highest BCUT2D eigenvalue weighted by molar-refractivity contribution is 9.10. The third kappa shape index (κ3) is 6.08. The molecule has 0 saturated heterocycles. The van der Waals surface area contributed by atoms with Crippen LogP contribution in [0.3, 0.4) is 0 Å². The fourth-order valence-electron chi connectivity index (χ4n) is 1.92. The highest BCUT2D eigenvalue weighted by atomic mass is 79.9. The number of hydrogen-bond donors (Lipinski definition) is 0. The summed E-state index contributed by atoms with van der Waals surface area (Å²) in [6.45, 7) is 10.5. The minimum atomic E-state index is 0.152. The van der Waals surface area contributed by atoms with Gasteiger partial charge in [-0.3, -0.25) is 4.79 Å². The Kier molecular flexibility index (Phi) is 7.28. The van der Waals surface area contributed by atoms with Crippen LogP contribution in [0.15, 0.2) is 28.7 Å². The van der Waals surface area contributed by atoms with Crippen LogP contribution in [-0.2, 0) is 0 Å². The van der Waals surface area contributed by atoms with Crippen molar-refractivity contribution in [2.75, 3.05) is 13.1 Å². The van der Waals surface area contributed by atoms with E-state index in [1.807, 2.05) is 29.2 Å².